The number of sulfonamides is 1. The molecule has 0 aliphatic rings. The zero-order valence-electron chi connectivity index (χ0n) is 15.9. The number of aryl methyl sites for hydroxylation is 1. The van der Waals surface area contributed by atoms with Crippen molar-refractivity contribution in [2.24, 2.45) is 0 Å². The van der Waals surface area contributed by atoms with Crippen molar-refractivity contribution >= 4 is 21.6 Å². The third kappa shape index (κ3) is 6.60. The molecule has 0 radical (unpaired) electrons. The van der Waals surface area contributed by atoms with Gasteiger partial charge in [0.15, 0.2) is 0 Å². The van der Waals surface area contributed by atoms with Crippen LogP contribution in [-0.2, 0) is 16.4 Å². The Kier molecular flexibility index (Phi) is 7.24. The van der Waals surface area contributed by atoms with Crippen molar-refractivity contribution in [2.75, 3.05) is 24.1 Å². The number of ether oxygens (including phenoxy) is 1. The highest BCUT2D eigenvalue weighted by atomic mass is 32.2. The van der Waals surface area contributed by atoms with Gasteiger partial charge in [-0.15, -0.1) is 0 Å². The molecule has 0 unspecified atom stereocenters. The quantitative estimate of drug-likeness (QED) is 0.644. The van der Waals surface area contributed by atoms with E-state index in [9.17, 15) is 13.2 Å². The summed E-state index contributed by atoms with van der Waals surface area (Å²) in [5.74, 6) is 0.492. The van der Waals surface area contributed by atoms with E-state index in [1.165, 1.54) is 5.56 Å². The van der Waals surface area contributed by atoms with Gasteiger partial charge in [0.05, 0.1) is 18.5 Å². The van der Waals surface area contributed by atoms with E-state index in [2.05, 4.69) is 17.0 Å². The molecule has 146 valence electrons. The van der Waals surface area contributed by atoms with Crippen molar-refractivity contribution in [3.8, 4) is 5.75 Å². The zero-order valence-corrected chi connectivity index (χ0v) is 16.7. The van der Waals surface area contributed by atoms with Crippen LogP contribution in [0.4, 0.5) is 5.69 Å². The first-order chi connectivity index (χ1) is 12.8. The number of amides is 1. The van der Waals surface area contributed by atoms with Gasteiger partial charge in [0, 0.05) is 5.56 Å². The van der Waals surface area contributed by atoms with Crippen molar-refractivity contribution in [2.45, 2.75) is 26.7 Å². The summed E-state index contributed by atoms with van der Waals surface area (Å²) in [6, 6.07) is 12.9. The average Bonchev–Trinajstić information content (AvgIpc) is 2.61. The Balaban J connectivity index is 1.88. The van der Waals surface area contributed by atoms with Crippen LogP contribution in [0.2, 0.25) is 0 Å². The minimum atomic E-state index is -3.40. The fourth-order valence-electron chi connectivity index (χ4n) is 2.66. The summed E-state index contributed by atoms with van der Waals surface area (Å²) >= 11 is 0. The van der Waals surface area contributed by atoms with Crippen LogP contribution in [-0.4, -0.2) is 33.7 Å². The van der Waals surface area contributed by atoms with Crippen LogP contribution < -0.4 is 14.8 Å². The lowest BCUT2D eigenvalue weighted by molar-refractivity contribution is 0.0946. The van der Waals surface area contributed by atoms with E-state index in [0.29, 0.717) is 30.0 Å². The molecular formula is C20H26N2O4S. The fraction of sp³-hybridized carbons (Fsp3) is 0.350. The second kappa shape index (κ2) is 9.41. The number of benzene rings is 2. The molecule has 0 aromatic heterocycles. The lowest BCUT2D eigenvalue weighted by Crippen LogP contribution is -2.29. The molecule has 0 saturated heterocycles. The predicted octanol–water partition coefficient (Wildman–Crippen LogP) is 3.13. The van der Waals surface area contributed by atoms with Gasteiger partial charge in [-0.1, -0.05) is 31.5 Å². The summed E-state index contributed by atoms with van der Waals surface area (Å²) in [4.78, 5) is 12.4. The Morgan fingerprint density at radius 3 is 2.44 bits per heavy atom. The smallest absolute Gasteiger partial charge is 0.251 e. The molecule has 2 N–H and O–H groups in total. The van der Waals surface area contributed by atoms with E-state index >= 15 is 0 Å². The molecule has 0 bridgehead atoms. The van der Waals surface area contributed by atoms with Crippen molar-refractivity contribution in [1.82, 2.24) is 5.32 Å². The summed E-state index contributed by atoms with van der Waals surface area (Å²) < 4.78 is 30.9. The maximum Gasteiger partial charge on any atom is 0.251 e. The van der Waals surface area contributed by atoms with Crippen LogP contribution in [0, 0.1) is 6.92 Å². The fourth-order valence-corrected chi connectivity index (χ4v) is 3.28. The third-order valence-corrected chi connectivity index (χ3v) is 4.58. The van der Waals surface area contributed by atoms with E-state index in [1.54, 1.807) is 25.1 Å². The molecule has 7 heteroatoms. The Hall–Kier alpha value is -2.54. The molecule has 0 aliphatic carbocycles. The highest BCUT2D eigenvalue weighted by Gasteiger charge is 2.13. The largest absolute Gasteiger partial charge is 0.492 e. The van der Waals surface area contributed by atoms with Crippen LogP contribution in [0.15, 0.2) is 42.5 Å². The van der Waals surface area contributed by atoms with Gasteiger partial charge in [-0.2, -0.15) is 0 Å². The van der Waals surface area contributed by atoms with Gasteiger partial charge in [0.2, 0.25) is 10.0 Å². The Bertz CT molecular complexity index is 877. The van der Waals surface area contributed by atoms with Gasteiger partial charge in [0.25, 0.3) is 5.91 Å². The molecule has 6 nitrogen and oxygen atoms in total. The molecule has 2 aromatic rings. The minimum Gasteiger partial charge on any atom is -0.492 e. The summed E-state index contributed by atoms with van der Waals surface area (Å²) in [6.07, 6.45) is 3.22. The van der Waals surface area contributed by atoms with E-state index in [0.717, 1.165) is 24.8 Å². The zero-order chi connectivity index (χ0) is 19.9. The minimum absolute atomic E-state index is 0.272. The summed E-state index contributed by atoms with van der Waals surface area (Å²) in [7, 11) is -3.40. The van der Waals surface area contributed by atoms with Crippen LogP contribution in [0.1, 0.15) is 34.8 Å². The SMILES string of the molecule is CCCc1ccc(OCCNC(=O)c2cccc(NS(C)(=O)=O)c2C)cc1. The molecule has 0 atom stereocenters. The standard InChI is InChI=1S/C20H26N2O4S/c1-4-6-16-9-11-17(12-10-16)26-14-13-21-20(23)18-7-5-8-19(15(18)2)22-27(3,24)25/h5,7-12,22H,4,6,13-14H2,1-3H3,(H,21,23). The average molecular weight is 391 g/mol. The highest BCUT2D eigenvalue weighted by Crippen LogP contribution is 2.20. The van der Waals surface area contributed by atoms with Crippen molar-refractivity contribution in [3.05, 3.63) is 59.2 Å². The summed E-state index contributed by atoms with van der Waals surface area (Å²) in [5, 5.41) is 2.79. The van der Waals surface area contributed by atoms with Crippen LogP contribution in [0.3, 0.4) is 0 Å². The maximum atomic E-state index is 12.4. The molecule has 2 rings (SSSR count). The Morgan fingerprint density at radius 1 is 1.11 bits per heavy atom. The van der Waals surface area contributed by atoms with Crippen molar-refractivity contribution in [3.63, 3.8) is 0 Å². The van der Waals surface area contributed by atoms with Gasteiger partial charge in [0.1, 0.15) is 12.4 Å². The number of hydrogen-bond acceptors (Lipinski definition) is 4. The number of rotatable bonds is 9. The predicted molar refractivity (Wildman–Crippen MR) is 108 cm³/mol. The molecule has 0 aliphatic heterocycles. The lowest BCUT2D eigenvalue weighted by atomic mass is 10.1. The summed E-state index contributed by atoms with van der Waals surface area (Å²) in [5.41, 5.74) is 2.67. The van der Waals surface area contributed by atoms with Gasteiger partial charge in [-0.25, -0.2) is 8.42 Å². The van der Waals surface area contributed by atoms with Gasteiger partial charge in [-0.05, 0) is 48.7 Å². The summed E-state index contributed by atoms with van der Waals surface area (Å²) in [6.45, 7) is 4.54. The van der Waals surface area contributed by atoms with E-state index in [1.807, 2.05) is 24.3 Å². The van der Waals surface area contributed by atoms with Gasteiger partial charge in [-0.3, -0.25) is 9.52 Å². The third-order valence-electron chi connectivity index (χ3n) is 3.99. The van der Waals surface area contributed by atoms with Crippen LogP contribution in [0.5, 0.6) is 5.75 Å². The second-order valence-corrected chi connectivity index (χ2v) is 8.10. The molecule has 27 heavy (non-hydrogen) atoms. The number of carbonyl (C=O) groups is 1. The molecule has 2 aromatic carbocycles. The van der Waals surface area contributed by atoms with E-state index in [4.69, 9.17) is 4.74 Å². The number of anilines is 1. The topological polar surface area (TPSA) is 84.5 Å². The lowest BCUT2D eigenvalue weighted by Gasteiger charge is -2.13. The normalized spacial score (nSPS) is 11.1. The monoisotopic (exact) mass is 390 g/mol. The Morgan fingerprint density at radius 2 is 1.81 bits per heavy atom. The van der Waals surface area contributed by atoms with Crippen molar-refractivity contribution < 1.29 is 17.9 Å². The molecule has 0 fully saturated rings. The highest BCUT2D eigenvalue weighted by molar-refractivity contribution is 7.92. The number of nitrogens with one attached hydrogen (secondary N) is 2. The van der Waals surface area contributed by atoms with Crippen LogP contribution in [0.25, 0.3) is 0 Å². The van der Waals surface area contributed by atoms with E-state index in [-0.39, 0.29) is 5.91 Å². The maximum absolute atomic E-state index is 12.4. The molecule has 0 spiro atoms. The van der Waals surface area contributed by atoms with Crippen molar-refractivity contribution in [1.29, 1.82) is 0 Å². The number of hydrogen-bond donors (Lipinski definition) is 2. The second-order valence-electron chi connectivity index (χ2n) is 6.35. The van der Waals surface area contributed by atoms with Gasteiger partial charge < -0.3 is 10.1 Å². The molecular weight excluding hydrogens is 364 g/mol. The van der Waals surface area contributed by atoms with E-state index < -0.39 is 10.0 Å². The molecule has 1 amide bonds. The first-order valence-electron chi connectivity index (χ1n) is 8.87. The first kappa shape index (κ1) is 20.8. The first-order valence-corrected chi connectivity index (χ1v) is 10.8. The molecule has 0 saturated carbocycles. The van der Waals surface area contributed by atoms with Gasteiger partial charge >= 0.3 is 0 Å². The Labute approximate surface area is 161 Å². The van der Waals surface area contributed by atoms with Crippen LogP contribution >= 0.6 is 0 Å². The number of carbonyl (C=O) groups excluding carboxylic acids is 1. The molecule has 0 heterocycles.